The first kappa shape index (κ1) is 10.3. The van der Waals surface area contributed by atoms with E-state index in [1.165, 1.54) is 0 Å². The Labute approximate surface area is 84.2 Å². The van der Waals surface area contributed by atoms with Crippen LogP contribution >= 0.6 is 11.6 Å². The van der Waals surface area contributed by atoms with Gasteiger partial charge in [0.25, 0.3) is 0 Å². The maximum absolute atomic E-state index is 5.53. The molecule has 1 rings (SSSR count). The Morgan fingerprint density at radius 3 is 2.69 bits per heavy atom. The number of allylic oxidation sites excluding steroid dienone is 1. The molecule has 0 radical (unpaired) electrons. The molecule has 0 N–H and O–H groups in total. The zero-order valence-electron chi connectivity index (χ0n) is 8.29. The molecule has 72 valence electrons. The van der Waals surface area contributed by atoms with E-state index in [0.29, 0.717) is 5.88 Å². The third-order valence-electron chi connectivity index (χ3n) is 1.69. The monoisotopic (exact) mass is 198 g/mol. The lowest BCUT2D eigenvalue weighted by atomic mass is 10.1. The molecule has 0 aliphatic heterocycles. The minimum atomic E-state index is 0.0487. The van der Waals surface area contributed by atoms with Crippen molar-refractivity contribution >= 4 is 17.7 Å². The van der Waals surface area contributed by atoms with E-state index in [1.807, 2.05) is 29.2 Å². The molecule has 13 heavy (non-hydrogen) atoms. The fourth-order valence-corrected chi connectivity index (χ4v) is 1.06. The summed E-state index contributed by atoms with van der Waals surface area (Å²) in [6.45, 7) is 6.36. The van der Waals surface area contributed by atoms with E-state index in [2.05, 4.69) is 25.9 Å². The average molecular weight is 199 g/mol. The Morgan fingerprint density at radius 2 is 2.23 bits per heavy atom. The van der Waals surface area contributed by atoms with E-state index in [1.54, 1.807) is 0 Å². The van der Waals surface area contributed by atoms with Gasteiger partial charge in [0.15, 0.2) is 0 Å². The van der Waals surface area contributed by atoms with Crippen LogP contribution in [0.3, 0.4) is 0 Å². The molecule has 1 aromatic heterocycles. The first-order valence-electron chi connectivity index (χ1n) is 4.31. The SMILES string of the molecule is CC(C)(C)n1cc(C=CCCl)cn1. The van der Waals surface area contributed by atoms with Crippen molar-refractivity contribution in [2.45, 2.75) is 26.3 Å². The van der Waals surface area contributed by atoms with Crippen LogP contribution in [0.1, 0.15) is 26.3 Å². The summed E-state index contributed by atoms with van der Waals surface area (Å²) < 4.78 is 1.95. The van der Waals surface area contributed by atoms with Crippen molar-refractivity contribution in [3.05, 3.63) is 24.0 Å². The highest BCUT2D eigenvalue weighted by molar-refractivity contribution is 6.19. The molecule has 0 aromatic carbocycles. The lowest BCUT2D eigenvalue weighted by molar-refractivity contribution is 0.355. The summed E-state index contributed by atoms with van der Waals surface area (Å²) in [7, 11) is 0. The maximum Gasteiger partial charge on any atom is 0.0562 e. The minimum absolute atomic E-state index is 0.0487. The number of aromatic nitrogens is 2. The third kappa shape index (κ3) is 2.88. The highest BCUT2D eigenvalue weighted by Crippen LogP contribution is 2.13. The molecule has 0 saturated heterocycles. The van der Waals surface area contributed by atoms with Crippen LogP contribution in [0.2, 0.25) is 0 Å². The molecule has 0 unspecified atom stereocenters. The topological polar surface area (TPSA) is 17.8 Å². The molecule has 0 fully saturated rings. The summed E-state index contributed by atoms with van der Waals surface area (Å²) in [6, 6.07) is 0. The molecule has 0 aliphatic rings. The molecule has 0 spiro atoms. The molecular formula is C10H15ClN2. The van der Waals surface area contributed by atoms with Gasteiger partial charge < -0.3 is 0 Å². The fraction of sp³-hybridized carbons (Fsp3) is 0.500. The quantitative estimate of drug-likeness (QED) is 0.669. The molecule has 0 atom stereocenters. The predicted molar refractivity (Wildman–Crippen MR) is 57.0 cm³/mol. The Balaban J connectivity index is 2.81. The van der Waals surface area contributed by atoms with Crippen molar-refractivity contribution in [3.63, 3.8) is 0 Å². The number of hydrogen-bond donors (Lipinski definition) is 0. The molecular weight excluding hydrogens is 184 g/mol. The van der Waals surface area contributed by atoms with Crippen LogP contribution in [0.4, 0.5) is 0 Å². The standard InChI is InChI=1S/C10H15ClN2/c1-10(2,3)13-8-9(7-12-13)5-4-6-11/h4-5,7-8H,6H2,1-3H3. The molecule has 3 heteroatoms. The van der Waals surface area contributed by atoms with Gasteiger partial charge in [0.1, 0.15) is 0 Å². The minimum Gasteiger partial charge on any atom is -0.267 e. The lowest BCUT2D eigenvalue weighted by Gasteiger charge is -2.18. The number of hydrogen-bond acceptors (Lipinski definition) is 1. The molecule has 1 heterocycles. The molecule has 0 saturated carbocycles. The van der Waals surface area contributed by atoms with Gasteiger partial charge in [-0.25, -0.2) is 0 Å². The van der Waals surface area contributed by atoms with Crippen LogP contribution in [-0.4, -0.2) is 15.7 Å². The van der Waals surface area contributed by atoms with Gasteiger partial charge in [-0.2, -0.15) is 5.10 Å². The summed E-state index contributed by atoms with van der Waals surface area (Å²) in [5.74, 6) is 0.542. The second-order valence-electron chi connectivity index (χ2n) is 3.95. The summed E-state index contributed by atoms with van der Waals surface area (Å²) in [5.41, 5.74) is 1.14. The lowest BCUT2D eigenvalue weighted by Crippen LogP contribution is -2.21. The number of alkyl halides is 1. The highest BCUT2D eigenvalue weighted by atomic mass is 35.5. The smallest absolute Gasteiger partial charge is 0.0562 e. The molecule has 0 aliphatic carbocycles. The van der Waals surface area contributed by atoms with Crippen LogP contribution in [0.5, 0.6) is 0 Å². The third-order valence-corrected chi connectivity index (χ3v) is 1.87. The van der Waals surface area contributed by atoms with Gasteiger partial charge in [-0.1, -0.05) is 12.2 Å². The van der Waals surface area contributed by atoms with Crippen molar-refractivity contribution in [1.82, 2.24) is 9.78 Å². The van der Waals surface area contributed by atoms with Gasteiger partial charge in [-0.05, 0) is 20.8 Å². The largest absolute Gasteiger partial charge is 0.267 e. The van der Waals surface area contributed by atoms with E-state index in [9.17, 15) is 0 Å². The van der Waals surface area contributed by atoms with Crippen molar-refractivity contribution < 1.29 is 0 Å². The Morgan fingerprint density at radius 1 is 1.54 bits per heavy atom. The van der Waals surface area contributed by atoms with E-state index in [4.69, 9.17) is 11.6 Å². The van der Waals surface area contributed by atoms with Crippen molar-refractivity contribution in [3.8, 4) is 0 Å². The second kappa shape index (κ2) is 3.97. The fourth-order valence-electron chi connectivity index (χ4n) is 0.970. The van der Waals surface area contributed by atoms with Gasteiger partial charge in [-0.3, -0.25) is 4.68 Å². The summed E-state index contributed by atoms with van der Waals surface area (Å²) in [4.78, 5) is 0. The number of nitrogens with zero attached hydrogens (tertiary/aromatic N) is 2. The van der Waals surface area contributed by atoms with E-state index in [-0.39, 0.29) is 5.54 Å². The van der Waals surface area contributed by atoms with Gasteiger partial charge in [0.05, 0.1) is 11.7 Å². The van der Waals surface area contributed by atoms with E-state index in [0.717, 1.165) is 5.56 Å². The van der Waals surface area contributed by atoms with Crippen molar-refractivity contribution in [2.75, 3.05) is 5.88 Å². The highest BCUT2D eigenvalue weighted by Gasteiger charge is 2.12. The Bertz CT molecular complexity index is 294. The Kier molecular flexibility index (Phi) is 3.15. The number of rotatable bonds is 2. The van der Waals surface area contributed by atoms with Gasteiger partial charge in [0.2, 0.25) is 0 Å². The number of halogens is 1. The van der Waals surface area contributed by atoms with Gasteiger partial charge >= 0.3 is 0 Å². The van der Waals surface area contributed by atoms with Gasteiger partial charge in [0, 0.05) is 17.6 Å². The summed E-state index contributed by atoms with van der Waals surface area (Å²) >= 11 is 5.53. The van der Waals surface area contributed by atoms with E-state index < -0.39 is 0 Å². The summed E-state index contributed by atoms with van der Waals surface area (Å²) in [6.07, 6.45) is 7.74. The maximum atomic E-state index is 5.53. The van der Waals surface area contributed by atoms with Crippen LogP contribution in [-0.2, 0) is 5.54 Å². The zero-order valence-corrected chi connectivity index (χ0v) is 9.04. The molecule has 2 nitrogen and oxygen atoms in total. The zero-order chi connectivity index (χ0) is 9.90. The molecule has 0 bridgehead atoms. The normalized spacial score (nSPS) is 12.6. The Hall–Kier alpha value is -0.760. The predicted octanol–water partition coefficient (Wildman–Crippen LogP) is 2.89. The second-order valence-corrected chi connectivity index (χ2v) is 4.25. The molecule has 1 aromatic rings. The van der Waals surface area contributed by atoms with Crippen LogP contribution in [0, 0.1) is 0 Å². The van der Waals surface area contributed by atoms with Crippen molar-refractivity contribution in [2.24, 2.45) is 0 Å². The van der Waals surface area contributed by atoms with Gasteiger partial charge in [-0.15, -0.1) is 11.6 Å². The van der Waals surface area contributed by atoms with Crippen LogP contribution in [0.15, 0.2) is 18.5 Å². The van der Waals surface area contributed by atoms with E-state index >= 15 is 0 Å². The van der Waals surface area contributed by atoms with Crippen LogP contribution in [0.25, 0.3) is 6.08 Å². The summed E-state index contributed by atoms with van der Waals surface area (Å²) in [5, 5.41) is 4.26. The molecule has 0 amide bonds. The van der Waals surface area contributed by atoms with Crippen molar-refractivity contribution in [1.29, 1.82) is 0 Å². The average Bonchev–Trinajstić information content (AvgIpc) is 2.47. The van der Waals surface area contributed by atoms with Crippen LogP contribution < -0.4 is 0 Å². The first-order valence-corrected chi connectivity index (χ1v) is 4.85. The first-order chi connectivity index (χ1) is 6.04.